The van der Waals surface area contributed by atoms with Gasteiger partial charge in [-0.1, -0.05) is 12.1 Å². The number of anilines is 1. The lowest BCUT2D eigenvalue weighted by molar-refractivity contribution is -0.138. The van der Waals surface area contributed by atoms with Gasteiger partial charge in [0.15, 0.2) is 9.84 Å². The molecule has 0 unspecified atom stereocenters. The van der Waals surface area contributed by atoms with Crippen molar-refractivity contribution in [3.8, 4) is 0 Å². The summed E-state index contributed by atoms with van der Waals surface area (Å²) in [6.07, 6.45) is 0. The van der Waals surface area contributed by atoms with Crippen LogP contribution >= 0.6 is 0 Å². The topological polar surface area (TPSA) is 95.6 Å². The third-order valence-electron chi connectivity index (χ3n) is 4.18. The van der Waals surface area contributed by atoms with Crippen molar-refractivity contribution in [1.82, 2.24) is 10.6 Å². The SMILES string of the molecule is CNC(=O)C(=O)NC[C@H](c1ccc(N(C)C)cc1)S(=O)(=O)c1ccc(F)cc1. The van der Waals surface area contributed by atoms with E-state index >= 15 is 0 Å². The first-order valence-electron chi connectivity index (χ1n) is 8.43. The molecule has 28 heavy (non-hydrogen) atoms. The molecule has 0 fully saturated rings. The Balaban J connectivity index is 2.41. The van der Waals surface area contributed by atoms with Crippen LogP contribution in [0, 0.1) is 5.82 Å². The number of carbonyl (C=O) groups excluding carboxylic acids is 2. The Hall–Kier alpha value is -2.94. The van der Waals surface area contributed by atoms with E-state index in [9.17, 15) is 22.4 Å². The summed E-state index contributed by atoms with van der Waals surface area (Å²) in [5.74, 6) is -2.37. The van der Waals surface area contributed by atoms with E-state index in [0.29, 0.717) is 5.56 Å². The Labute approximate surface area is 163 Å². The summed E-state index contributed by atoms with van der Waals surface area (Å²) in [6.45, 7) is -0.312. The number of carbonyl (C=O) groups is 2. The number of hydrogen-bond donors (Lipinski definition) is 2. The molecule has 9 heteroatoms. The van der Waals surface area contributed by atoms with Crippen molar-refractivity contribution in [2.75, 3.05) is 32.6 Å². The number of benzene rings is 2. The van der Waals surface area contributed by atoms with Crippen molar-refractivity contribution in [2.24, 2.45) is 0 Å². The highest BCUT2D eigenvalue weighted by molar-refractivity contribution is 7.91. The largest absolute Gasteiger partial charge is 0.378 e. The minimum Gasteiger partial charge on any atom is -0.378 e. The van der Waals surface area contributed by atoms with Gasteiger partial charge in [0.1, 0.15) is 11.1 Å². The van der Waals surface area contributed by atoms with Crippen molar-refractivity contribution in [3.63, 3.8) is 0 Å². The minimum absolute atomic E-state index is 0.0789. The molecule has 1 atom stereocenters. The number of sulfone groups is 1. The van der Waals surface area contributed by atoms with Gasteiger partial charge in [-0.3, -0.25) is 9.59 Å². The second-order valence-corrected chi connectivity index (χ2v) is 8.39. The summed E-state index contributed by atoms with van der Waals surface area (Å²) in [5, 5.41) is 3.37. The van der Waals surface area contributed by atoms with Crippen LogP contribution in [-0.2, 0) is 19.4 Å². The van der Waals surface area contributed by atoms with Gasteiger partial charge in [0, 0.05) is 33.4 Å². The molecular formula is C19H22FN3O4S. The third-order valence-corrected chi connectivity index (χ3v) is 6.30. The Bertz CT molecular complexity index is 942. The van der Waals surface area contributed by atoms with E-state index in [1.165, 1.54) is 19.2 Å². The molecule has 0 aromatic heterocycles. The molecule has 0 spiro atoms. The number of halogens is 1. The van der Waals surface area contributed by atoms with Gasteiger partial charge in [-0.15, -0.1) is 0 Å². The zero-order valence-corrected chi connectivity index (χ0v) is 16.6. The van der Waals surface area contributed by atoms with E-state index in [4.69, 9.17) is 0 Å². The van der Waals surface area contributed by atoms with Crippen molar-refractivity contribution in [3.05, 3.63) is 59.9 Å². The smallest absolute Gasteiger partial charge is 0.309 e. The van der Waals surface area contributed by atoms with Gasteiger partial charge in [-0.05, 0) is 42.0 Å². The zero-order valence-electron chi connectivity index (χ0n) is 15.8. The predicted octanol–water partition coefficient (Wildman–Crippen LogP) is 1.27. The van der Waals surface area contributed by atoms with Gasteiger partial charge in [-0.25, -0.2) is 12.8 Å². The van der Waals surface area contributed by atoms with Crippen molar-refractivity contribution in [1.29, 1.82) is 0 Å². The lowest BCUT2D eigenvalue weighted by Gasteiger charge is -2.20. The highest BCUT2D eigenvalue weighted by Gasteiger charge is 2.30. The maximum atomic E-state index is 13.2. The van der Waals surface area contributed by atoms with E-state index in [1.54, 1.807) is 24.3 Å². The Morgan fingerprint density at radius 2 is 1.57 bits per heavy atom. The van der Waals surface area contributed by atoms with Gasteiger partial charge in [0.05, 0.1) is 4.90 Å². The first kappa shape index (κ1) is 21.4. The second kappa shape index (κ2) is 8.83. The summed E-state index contributed by atoms with van der Waals surface area (Å²) in [4.78, 5) is 25.0. The van der Waals surface area contributed by atoms with Crippen LogP contribution in [0.3, 0.4) is 0 Å². The molecule has 2 aromatic rings. The summed E-state index contributed by atoms with van der Waals surface area (Å²) < 4.78 is 39.5. The monoisotopic (exact) mass is 407 g/mol. The molecule has 2 rings (SSSR count). The van der Waals surface area contributed by atoms with Gasteiger partial charge < -0.3 is 15.5 Å². The molecule has 0 saturated heterocycles. The summed E-state index contributed by atoms with van der Waals surface area (Å²) in [5.41, 5.74) is 1.31. The van der Waals surface area contributed by atoms with Crippen molar-refractivity contribution in [2.45, 2.75) is 10.1 Å². The van der Waals surface area contributed by atoms with Crippen LogP contribution in [-0.4, -0.2) is 47.9 Å². The van der Waals surface area contributed by atoms with Crippen molar-refractivity contribution < 1.29 is 22.4 Å². The number of hydrogen-bond acceptors (Lipinski definition) is 5. The fraction of sp³-hybridized carbons (Fsp3) is 0.263. The van der Waals surface area contributed by atoms with Gasteiger partial charge in [0.2, 0.25) is 0 Å². The van der Waals surface area contributed by atoms with E-state index in [1.807, 2.05) is 19.0 Å². The van der Waals surface area contributed by atoms with Crippen LogP contribution in [0.15, 0.2) is 53.4 Å². The van der Waals surface area contributed by atoms with Gasteiger partial charge in [-0.2, -0.15) is 0 Å². The third kappa shape index (κ3) is 4.86. The molecule has 0 heterocycles. The summed E-state index contributed by atoms with van der Waals surface area (Å²) in [6, 6.07) is 11.3. The van der Waals surface area contributed by atoms with Crippen LogP contribution < -0.4 is 15.5 Å². The first-order chi connectivity index (χ1) is 13.2. The quantitative estimate of drug-likeness (QED) is 0.555. The Morgan fingerprint density at radius 3 is 2.07 bits per heavy atom. The van der Waals surface area contributed by atoms with Crippen LogP contribution in [0.1, 0.15) is 10.8 Å². The highest BCUT2D eigenvalue weighted by atomic mass is 32.2. The zero-order chi connectivity index (χ0) is 20.9. The molecule has 0 aliphatic rings. The molecule has 0 bridgehead atoms. The molecule has 2 amide bonds. The molecular weight excluding hydrogens is 385 g/mol. The maximum absolute atomic E-state index is 13.2. The molecule has 7 nitrogen and oxygen atoms in total. The highest BCUT2D eigenvalue weighted by Crippen LogP contribution is 2.30. The number of nitrogens with zero attached hydrogens (tertiary/aromatic N) is 1. The summed E-state index contributed by atoms with van der Waals surface area (Å²) in [7, 11) is 1.05. The fourth-order valence-electron chi connectivity index (χ4n) is 2.56. The van der Waals surface area contributed by atoms with Crippen LogP contribution in [0.25, 0.3) is 0 Å². The summed E-state index contributed by atoms with van der Waals surface area (Å²) >= 11 is 0. The van der Waals surface area contributed by atoms with Crippen LogP contribution in [0.4, 0.5) is 10.1 Å². The Morgan fingerprint density at radius 1 is 1.00 bits per heavy atom. The number of nitrogens with one attached hydrogen (secondary N) is 2. The number of likely N-dealkylation sites (N-methyl/N-ethyl adjacent to an activating group) is 1. The van der Waals surface area contributed by atoms with Gasteiger partial charge >= 0.3 is 11.8 Å². The van der Waals surface area contributed by atoms with E-state index in [2.05, 4.69) is 10.6 Å². The van der Waals surface area contributed by atoms with E-state index < -0.39 is 32.7 Å². The number of amides is 2. The lowest BCUT2D eigenvalue weighted by Crippen LogP contribution is -2.41. The molecule has 2 aromatic carbocycles. The maximum Gasteiger partial charge on any atom is 0.309 e. The second-order valence-electron chi connectivity index (χ2n) is 6.26. The van der Waals surface area contributed by atoms with Gasteiger partial charge in [0.25, 0.3) is 0 Å². The molecule has 0 aliphatic carbocycles. The average Bonchev–Trinajstić information content (AvgIpc) is 2.67. The Kier molecular flexibility index (Phi) is 6.74. The molecule has 2 N–H and O–H groups in total. The standard InChI is InChI=1S/C19H22FN3O4S/c1-21-18(24)19(25)22-12-17(13-4-8-15(9-5-13)23(2)3)28(26,27)16-10-6-14(20)7-11-16/h4-11,17H,12H2,1-3H3,(H,21,24)(H,22,25)/t17-/m1/s1. The van der Waals surface area contributed by atoms with E-state index in [-0.39, 0.29) is 11.4 Å². The molecule has 0 aliphatic heterocycles. The molecule has 0 radical (unpaired) electrons. The predicted molar refractivity (Wildman–Crippen MR) is 104 cm³/mol. The van der Waals surface area contributed by atoms with Crippen molar-refractivity contribution >= 4 is 27.3 Å². The molecule has 0 saturated carbocycles. The van der Waals surface area contributed by atoms with Crippen LogP contribution in [0.2, 0.25) is 0 Å². The number of rotatable bonds is 6. The first-order valence-corrected chi connectivity index (χ1v) is 9.98. The lowest BCUT2D eigenvalue weighted by atomic mass is 10.1. The fourth-order valence-corrected chi connectivity index (χ4v) is 4.22. The molecule has 150 valence electrons. The average molecular weight is 407 g/mol. The normalized spacial score (nSPS) is 12.1. The van der Waals surface area contributed by atoms with Crippen LogP contribution in [0.5, 0.6) is 0 Å². The minimum atomic E-state index is -3.96. The van der Waals surface area contributed by atoms with E-state index in [0.717, 1.165) is 17.8 Å².